The molecule has 0 spiro atoms. The van der Waals surface area contributed by atoms with E-state index in [9.17, 15) is 0 Å². The second kappa shape index (κ2) is 2.14. The Balaban J connectivity index is 0. The summed E-state index contributed by atoms with van der Waals surface area (Å²) in [5.74, 6) is 0. The Morgan fingerprint density at radius 2 is 1.88 bits per heavy atom. The first kappa shape index (κ1) is 9.26. The van der Waals surface area contributed by atoms with Gasteiger partial charge in [-0.05, 0) is 0 Å². The average Bonchev–Trinajstić information content (AvgIpc) is 2.20. The molecule has 0 aromatic rings. The fourth-order valence-electron chi connectivity index (χ4n) is 0.0786. The fourth-order valence-corrected chi connectivity index (χ4v) is 0.707. The van der Waals surface area contributed by atoms with Crippen LogP contribution in [0.5, 0.6) is 0 Å². The van der Waals surface area contributed by atoms with E-state index in [2.05, 4.69) is 13.7 Å². The van der Waals surface area contributed by atoms with Gasteiger partial charge < -0.3 is 1.43 Å². The summed E-state index contributed by atoms with van der Waals surface area (Å²) in [5.41, 5.74) is 0. The third-order valence-electron chi connectivity index (χ3n) is 0.449. The van der Waals surface area contributed by atoms with Gasteiger partial charge in [-0.1, -0.05) is 0 Å². The molecule has 1 unspecified atom stereocenters. The Kier molecular flexibility index (Phi) is 2.48. The van der Waals surface area contributed by atoms with E-state index in [-0.39, 0.29) is 20.3 Å². The first-order chi connectivity index (χ1) is 3.05. The molecule has 1 atom stereocenters. The Hall–Kier alpha value is 1.26. The van der Waals surface area contributed by atoms with Crippen LogP contribution in [0.1, 0.15) is 1.43 Å². The molecule has 1 saturated heterocycles. The zero-order chi connectivity index (χ0) is 5.57. The van der Waals surface area contributed by atoms with Crippen molar-refractivity contribution in [3.05, 3.63) is 0 Å². The summed E-state index contributed by atoms with van der Waals surface area (Å²) in [7, 11) is -2.74. The second-order valence-corrected chi connectivity index (χ2v) is 3.80. The van der Waals surface area contributed by atoms with E-state index < -0.39 is 7.74 Å². The van der Waals surface area contributed by atoms with Crippen LogP contribution in [0.25, 0.3) is 0 Å². The van der Waals surface area contributed by atoms with Crippen molar-refractivity contribution in [3.8, 4) is 0 Å². The largest absolute Gasteiger partial charge is 1.00 e. The van der Waals surface area contributed by atoms with Crippen molar-refractivity contribution in [2.75, 3.05) is 0 Å². The van der Waals surface area contributed by atoms with Crippen molar-refractivity contribution in [2.45, 2.75) is 0 Å². The normalized spacial score (nSPS) is 33.6. The van der Waals surface area contributed by atoms with Gasteiger partial charge in [0.15, 0.2) is 0 Å². The fraction of sp³-hybridized carbons (Fsp3) is 0. The zero-order valence-corrected chi connectivity index (χ0v) is 6.19. The monoisotopic (exact) mass is 154 g/mol. The van der Waals surface area contributed by atoms with Gasteiger partial charge in [0.1, 0.15) is 0 Å². The molecule has 0 amide bonds. The second-order valence-electron chi connectivity index (χ2n) is 1.06. The Morgan fingerprint density at radius 1 is 1.50 bits per heavy atom. The maximum atomic E-state index is 8.40. The molecule has 1 aliphatic heterocycles. The minimum atomic E-state index is -4.36. The summed E-state index contributed by atoms with van der Waals surface area (Å²) in [5, 5.41) is 0. The molecular weight excluding hydrogens is 149 g/mol. The topological polar surface area (TPSA) is 74.8 Å². The first-order valence-corrected chi connectivity index (χ1v) is 3.72. The van der Waals surface area contributed by atoms with Gasteiger partial charge >= 0.3 is 59.5 Å². The van der Waals surface area contributed by atoms with E-state index in [0.29, 0.717) is 0 Å². The van der Waals surface area contributed by atoms with Gasteiger partial charge in [-0.2, -0.15) is 0 Å². The van der Waals surface area contributed by atoms with Crippen molar-refractivity contribution in [1.29, 1.82) is 0 Å². The Labute approximate surface area is 61.5 Å². The summed E-state index contributed by atoms with van der Waals surface area (Å²) in [6, 6.07) is 0. The minimum Gasteiger partial charge on any atom is -1.00 e. The third kappa shape index (κ3) is 1.89. The smallest absolute Gasteiger partial charge is 1.00 e. The molecule has 0 radical (unpaired) electrons. The van der Waals surface area contributed by atoms with Crippen LogP contribution in [0.3, 0.4) is 0 Å². The molecule has 0 aliphatic carbocycles. The van der Waals surface area contributed by atoms with Crippen molar-refractivity contribution in [1.82, 2.24) is 0 Å². The molecule has 2 N–H and O–H groups in total. The van der Waals surface area contributed by atoms with Gasteiger partial charge in [-0.25, -0.2) is 0 Å². The molecule has 1 fully saturated rings. The van der Waals surface area contributed by atoms with Gasteiger partial charge in [0, 0.05) is 0 Å². The SMILES string of the molecule is OP1(O)(OP)OO1.[H-].[Li+]. The maximum Gasteiger partial charge on any atom is 1.00 e. The molecule has 1 aliphatic rings. The van der Waals surface area contributed by atoms with Gasteiger partial charge in [0.05, 0.1) is 0 Å². The van der Waals surface area contributed by atoms with E-state index in [1.807, 2.05) is 0 Å². The number of hydrogen-bond acceptors (Lipinski definition) is 5. The maximum absolute atomic E-state index is 8.40. The standard InChI is InChI=1S/Li.H4O5P2.H/c;1-7(2,5-6)3-4-7;/h;1-2H,6H2;/q+1;;-1. The number of rotatable bonds is 1. The van der Waals surface area contributed by atoms with Crippen LogP contribution in [0.4, 0.5) is 0 Å². The summed E-state index contributed by atoms with van der Waals surface area (Å²) >= 11 is 0. The molecule has 1 rings (SSSR count). The van der Waals surface area contributed by atoms with Crippen molar-refractivity contribution >= 4 is 17.2 Å². The molecule has 0 aromatic heterocycles. The predicted molar refractivity (Wildman–Crippen MR) is 25.4 cm³/mol. The van der Waals surface area contributed by atoms with Gasteiger partial charge in [-0.3, -0.25) is 0 Å². The molecule has 0 saturated carbocycles. The van der Waals surface area contributed by atoms with Crippen LogP contribution in [-0.4, -0.2) is 9.79 Å². The van der Waals surface area contributed by atoms with E-state index in [4.69, 9.17) is 9.79 Å². The molecule has 8 heteroatoms. The van der Waals surface area contributed by atoms with Crippen LogP contribution < -0.4 is 18.9 Å². The summed E-state index contributed by atoms with van der Waals surface area (Å²) in [4.78, 5) is 16.8. The average molecular weight is 154 g/mol. The van der Waals surface area contributed by atoms with Crippen molar-refractivity contribution in [2.24, 2.45) is 0 Å². The summed E-state index contributed by atoms with van der Waals surface area (Å²) in [6.07, 6.45) is 0. The molecule has 0 aromatic carbocycles. The van der Waals surface area contributed by atoms with E-state index in [1.165, 1.54) is 0 Å². The predicted octanol–water partition coefficient (Wildman–Crippen LogP) is -3.02. The van der Waals surface area contributed by atoms with E-state index in [0.717, 1.165) is 0 Å². The van der Waals surface area contributed by atoms with Crippen LogP contribution in [-0.2, 0) is 13.7 Å². The minimum absolute atomic E-state index is 0. The van der Waals surface area contributed by atoms with Crippen molar-refractivity contribution in [3.63, 3.8) is 0 Å². The molecule has 46 valence electrons. The zero-order valence-electron chi connectivity index (χ0n) is 5.14. The van der Waals surface area contributed by atoms with Crippen LogP contribution in [0.15, 0.2) is 0 Å². The first-order valence-electron chi connectivity index (χ1n) is 1.35. The van der Waals surface area contributed by atoms with Crippen LogP contribution in [0.2, 0.25) is 0 Å². The van der Waals surface area contributed by atoms with Crippen LogP contribution >= 0.6 is 17.2 Å². The van der Waals surface area contributed by atoms with Gasteiger partial charge in [-0.15, -0.1) is 0 Å². The Morgan fingerprint density at radius 3 is 1.88 bits per heavy atom. The third-order valence-corrected chi connectivity index (χ3v) is 2.43. The van der Waals surface area contributed by atoms with Gasteiger partial charge in [0.25, 0.3) is 0 Å². The summed E-state index contributed by atoms with van der Waals surface area (Å²) in [6.45, 7) is 0. The molecule has 8 heavy (non-hydrogen) atoms. The summed E-state index contributed by atoms with van der Waals surface area (Å²) < 4.78 is 11.4. The molecular formula is H5LiO5P2. The van der Waals surface area contributed by atoms with Crippen molar-refractivity contribution < 1.29 is 43.7 Å². The van der Waals surface area contributed by atoms with Gasteiger partial charge in [0.2, 0.25) is 0 Å². The quantitative estimate of drug-likeness (QED) is 0.182. The number of hydrogen-bond donors (Lipinski definition) is 2. The Bertz CT molecular complexity index is 97.1. The van der Waals surface area contributed by atoms with E-state index in [1.54, 1.807) is 9.47 Å². The van der Waals surface area contributed by atoms with E-state index >= 15 is 0 Å². The molecule has 1 heterocycles. The molecule has 5 nitrogen and oxygen atoms in total. The molecule has 0 bridgehead atoms. The van der Waals surface area contributed by atoms with Crippen LogP contribution in [0, 0.1) is 0 Å².